The summed E-state index contributed by atoms with van der Waals surface area (Å²) >= 11 is 5.65. The van der Waals surface area contributed by atoms with Crippen LogP contribution in [0.15, 0.2) is 11.4 Å². The molecule has 0 radical (unpaired) electrons. The van der Waals surface area contributed by atoms with Gasteiger partial charge in [-0.3, -0.25) is 0 Å². The maximum Gasteiger partial charge on any atom is 0.193 e. The Morgan fingerprint density at radius 2 is 2.46 bits per heavy atom. The van der Waals surface area contributed by atoms with Crippen molar-refractivity contribution in [2.24, 2.45) is 5.11 Å². The summed E-state index contributed by atoms with van der Waals surface area (Å²) in [5.41, 5.74) is 8.63. The van der Waals surface area contributed by atoms with Crippen LogP contribution in [0, 0.1) is 0 Å². The van der Waals surface area contributed by atoms with E-state index < -0.39 is 0 Å². The van der Waals surface area contributed by atoms with Gasteiger partial charge < -0.3 is 0 Å². The normalized spacial score (nSPS) is 9.92. The molecule has 64 valence electrons. The topological polar surface area (TPSA) is 105 Å². The first-order chi connectivity index (χ1) is 6.33. The molecule has 13 heavy (non-hydrogen) atoms. The lowest BCUT2D eigenvalue weighted by Crippen LogP contribution is -1.90. The summed E-state index contributed by atoms with van der Waals surface area (Å²) in [6.45, 7) is 0. The van der Waals surface area contributed by atoms with Gasteiger partial charge in [-0.25, -0.2) is 4.98 Å². The van der Waals surface area contributed by atoms with Gasteiger partial charge in [-0.1, -0.05) is 16.7 Å². The molecule has 0 spiro atoms. The predicted molar refractivity (Wildman–Crippen MR) is 42.4 cm³/mol. The molecular formula is C4HClN8. The second kappa shape index (κ2) is 2.85. The maximum atomic E-state index is 8.24. The SMILES string of the molecule is [N-]=[N+]=Nc1c(Cl)ncn2nnnc12. The third-order valence-electron chi connectivity index (χ3n) is 1.33. The lowest BCUT2D eigenvalue weighted by atomic mass is 10.5. The number of fused-ring (bicyclic) bond motifs is 1. The summed E-state index contributed by atoms with van der Waals surface area (Å²) < 4.78 is 1.26. The molecule has 0 aliphatic rings. The molecule has 0 aliphatic carbocycles. The van der Waals surface area contributed by atoms with E-state index in [1.165, 1.54) is 10.8 Å². The fourth-order valence-electron chi connectivity index (χ4n) is 0.817. The van der Waals surface area contributed by atoms with Gasteiger partial charge in [0.05, 0.1) is 0 Å². The summed E-state index contributed by atoms with van der Waals surface area (Å²) in [5.74, 6) is 0. The van der Waals surface area contributed by atoms with E-state index in [9.17, 15) is 0 Å². The van der Waals surface area contributed by atoms with Crippen molar-refractivity contribution in [2.45, 2.75) is 0 Å². The van der Waals surface area contributed by atoms with Crippen molar-refractivity contribution in [1.29, 1.82) is 0 Å². The second-order valence-electron chi connectivity index (χ2n) is 2.02. The number of aromatic nitrogens is 5. The Bertz CT molecular complexity index is 496. The lowest BCUT2D eigenvalue weighted by molar-refractivity contribution is 0.809. The quantitative estimate of drug-likeness (QED) is 0.295. The van der Waals surface area contributed by atoms with E-state index in [1.807, 2.05) is 0 Å². The molecule has 0 aromatic carbocycles. The number of hydrogen-bond acceptors (Lipinski definition) is 5. The van der Waals surface area contributed by atoms with Gasteiger partial charge in [-0.2, -0.15) is 4.52 Å². The largest absolute Gasteiger partial charge is 0.224 e. The van der Waals surface area contributed by atoms with Crippen molar-refractivity contribution in [3.63, 3.8) is 0 Å². The number of azide groups is 1. The number of rotatable bonds is 1. The number of halogens is 1. The summed E-state index contributed by atoms with van der Waals surface area (Å²) in [5, 5.41) is 13.9. The number of nitrogens with zero attached hydrogens (tertiary/aromatic N) is 8. The van der Waals surface area contributed by atoms with Gasteiger partial charge in [-0.05, 0) is 16.0 Å². The van der Waals surface area contributed by atoms with Gasteiger partial charge in [0.25, 0.3) is 0 Å². The Kier molecular flexibility index (Phi) is 1.69. The summed E-state index contributed by atoms with van der Waals surface area (Å²) in [7, 11) is 0. The van der Waals surface area contributed by atoms with Crippen molar-refractivity contribution < 1.29 is 0 Å². The van der Waals surface area contributed by atoms with Gasteiger partial charge in [0, 0.05) is 4.91 Å². The molecule has 0 fully saturated rings. The molecule has 0 bridgehead atoms. The van der Waals surface area contributed by atoms with Crippen molar-refractivity contribution >= 4 is 22.9 Å². The number of tetrazole rings is 1. The Morgan fingerprint density at radius 3 is 3.23 bits per heavy atom. The fraction of sp³-hybridized carbons (Fsp3) is 0. The van der Waals surface area contributed by atoms with E-state index in [0.717, 1.165) is 0 Å². The third kappa shape index (κ3) is 1.13. The Morgan fingerprint density at radius 1 is 1.62 bits per heavy atom. The maximum absolute atomic E-state index is 8.24. The van der Waals surface area contributed by atoms with E-state index in [2.05, 4.69) is 30.5 Å². The van der Waals surface area contributed by atoms with Crippen LogP contribution in [0.3, 0.4) is 0 Å². The van der Waals surface area contributed by atoms with Gasteiger partial charge in [0.15, 0.2) is 5.65 Å². The molecule has 0 saturated carbocycles. The van der Waals surface area contributed by atoms with Gasteiger partial charge in [0.2, 0.25) is 0 Å². The van der Waals surface area contributed by atoms with E-state index >= 15 is 0 Å². The highest BCUT2D eigenvalue weighted by molar-refractivity contribution is 6.32. The summed E-state index contributed by atoms with van der Waals surface area (Å²) in [6.07, 6.45) is 1.33. The minimum atomic E-state index is 0.0695. The molecule has 0 amide bonds. The molecule has 0 atom stereocenters. The van der Waals surface area contributed by atoms with Gasteiger partial charge >= 0.3 is 0 Å². The highest BCUT2D eigenvalue weighted by Gasteiger charge is 2.08. The van der Waals surface area contributed by atoms with Crippen LogP contribution in [-0.4, -0.2) is 25.0 Å². The standard InChI is InChI=1S/C4HClN8/c5-3-2(8-10-6)4-9-11-12-13(4)1-7-3/h1H. The highest BCUT2D eigenvalue weighted by Crippen LogP contribution is 2.25. The van der Waals surface area contributed by atoms with Crippen molar-refractivity contribution in [3.8, 4) is 0 Å². The first-order valence-electron chi connectivity index (χ1n) is 3.10. The van der Waals surface area contributed by atoms with Crippen LogP contribution < -0.4 is 0 Å². The zero-order valence-electron chi connectivity index (χ0n) is 6.03. The first kappa shape index (κ1) is 7.71. The highest BCUT2D eigenvalue weighted by atomic mass is 35.5. The number of hydrogen-bond donors (Lipinski definition) is 0. The molecule has 8 nitrogen and oxygen atoms in total. The Balaban J connectivity index is 2.87. The fourth-order valence-corrected chi connectivity index (χ4v) is 0.983. The molecule has 9 heteroatoms. The van der Waals surface area contributed by atoms with Crippen LogP contribution in [0.2, 0.25) is 5.15 Å². The molecule has 0 saturated heterocycles. The minimum absolute atomic E-state index is 0.0695. The van der Waals surface area contributed by atoms with Crippen molar-refractivity contribution in [2.75, 3.05) is 0 Å². The predicted octanol–water partition coefficient (Wildman–Crippen LogP) is 1.11. The molecule has 2 aromatic rings. The van der Waals surface area contributed by atoms with Crippen LogP contribution >= 0.6 is 11.6 Å². The van der Waals surface area contributed by atoms with Gasteiger partial charge in [-0.15, -0.1) is 5.10 Å². The van der Waals surface area contributed by atoms with E-state index in [4.69, 9.17) is 17.1 Å². The summed E-state index contributed by atoms with van der Waals surface area (Å²) in [4.78, 5) is 6.31. The van der Waals surface area contributed by atoms with Crippen LogP contribution in [-0.2, 0) is 0 Å². The van der Waals surface area contributed by atoms with E-state index in [0.29, 0.717) is 0 Å². The van der Waals surface area contributed by atoms with E-state index in [1.54, 1.807) is 0 Å². The van der Waals surface area contributed by atoms with Crippen LogP contribution in [0.5, 0.6) is 0 Å². The van der Waals surface area contributed by atoms with E-state index in [-0.39, 0.29) is 16.5 Å². The molecular weight excluding hydrogens is 196 g/mol. The average molecular weight is 197 g/mol. The Labute approximate surface area is 75.8 Å². The molecule has 0 N–H and O–H groups in total. The minimum Gasteiger partial charge on any atom is -0.224 e. The smallest absolute Gasteiger partial charge is 0.193 e. The zero-order valence-corrected chi connectivity index (χ0v) is 6.79. The van der Waals surface area contributed by atoms with Crippen molar-refractivity contribution in [3.05, 3.63) is 21.9 Å². The molecule has 2 aromatic heterocycles. The van der Waals surface area contributed by atoms with Crippen LogP contribution in [0.1, 0.15) is 0 Å². The molecule has 0 unspecified atom stereocenters. The monoisotopic (exact) mass is 196 g/mol. The molecule has 0 aliphatic heterocycles. The van der Waals surface area contributed by atoms with Crippen LogP contribution in [0.25, 0.3) is 16.1 Å². The summed E-state index contributed by atoms with van der Waals surface area (Å²) in [6, 6.07) is 0. The van der Waals surface area contributed by atoms with Gasteiger partial charge in [0.1, 0.15) is 17.2 Å². The molecule has 2 heterocycles. The average Bonchev–Trinajstić information content (AvgIpc) is 2.58. The Hall–Kier alpha value is -1.92. The van der Waals surface area contributed by atoms with Crippen LogP contribution in [0.4, 0.5) is 5.69 Å². The third-order valence-corrected chi connectivity index (χ3v) is 1.60. The zero-order chi connectivity index (χ0) is 9.26. The lowest BCUT2D eigenvalue weighted by Gasteiger charge is -1.94. The molecule has 2 rings (SSSR count). The second-order valence-corrected chi connectivity index (χ2v) is 2.38. The first-order valence-corrected chi connectivity index (χ1v) is 3.48. The van der Waals surface area contributed by atoms with Crippen molar-refractivity contribution in [1.82, 2.24) is 25.0 Å².